The van der Waals surface area contributed by atoms with Gasteiger partial charge in [0.1, 0.15) is 5.69 Å². The number of aromatic nitrogens is 2. The van der Waals surface area contributed by atoms with Crippen LogP contribution < -0.4 is 0 Å². The second-order valence-electron chi connectivity index (χ2n) is 3.14. The molecule has 0 fully saturated rings. The van der Waals surface area contributed by atoms with Crippen LogP contribution in [0, 0.1) is 10.1 Å². The Morgan fingerprint density at radius 3 is 2.73 bits per heavy atom. The number of hydrogen-bond donors (Lipinski definition) is 1. The van der Waals surface area contributed by atoms with Crippen LogP contribution in [0.4, 0.5) is 0 Å². The van der Waals surface area contributed by atoms with E-state index >= 15 is 0 Å². The standard InChI is InChI=1S/C10H9N3O2/c14-13(15)7-9-6-10(12-11-9)8-4-2-1-3-5-8/h1-6H,7H2,(H,11,12). The van der Waals surface area contributed by atoms with Gasteiger partial charge in [-0.1, -0.05) is 30.3 Å². The smallest absolute Gasteiger partial charge is 0.244 e. The number of aromatic amines is 1. The van der Waals surface area contributed by atoms with Crippen LogP contribution in [-0.4, -0.2) is 15.1 Å². The van der Waals surface area contributed by atoms with Gasteiger partial charge in [0, 0.05) is 10.5 Å². The van der Waals surface area contributed by atoms with Gasteiger partial charge < -0.3 is 0 Å². The van der Waals surface area contributed by atoms with Crippen LogP contribution in [0.25, 0.3) is 11.3 Å². The van der Waals surface area contributed by atoms with Gasteiger partial charge in [0.25, 0.3) is 0 Å². The van der Waals surface area contributed by atoms with Crippen molar-refractivity contribution < 1.29 is 4.92 Å². The first-order valence-corrected chi connectivity index (χ1v) is 4.47. The maximum absolute atomic E-state index is 10.3. The van der Waals surface area contributed by atoms with Gasteiger partial charge in [-0.25, -0.2) is 0 Å². The number of hydrogen-bond acceptors (Lipinski definition) is 3. The summed E-state index contributed by atoms with van der Waals surface area (Å²) < 4.78 is 0. The molecule has 1 heterocycles. The number of benzene rings is 1. The Morgan fingerprint density at radius 1 is 1.33 bits per heavy atom. The van der Waals surface area contributed by atoms with E-state index in [0.717, 1.165) is 11.3 Å². The predicted molar refractivity (Wildman–Crippen MR) is 54.7 cm³/mol. The lowest BCUT2D eigenvalue weighted by Crippen LogP contribution is -1.97. The molecule has 2 aromatic rings. The first-order chi connectivity index (χ1) is 7.25. The Bertz CT molecular complexity index is 465. The third-order valence-electron chi connectivity index (χ3n) is 2.00. The molecule has 0 bridgehead atoms. The van der Waals surface area contributed by atoms with Gasteiger partial charge in [-0.3, -0.25) is 15.2 Å². The monoisotopic (exact) mass is 203 g/mol. The molecule has 76 valence electrons. The van der Waals surface area contributed by atoms with E-state index in [1.807, 2.05) is 30.3 Å². The minimum atomic E-state index is -0.387. The summed E-state index contributed by atoms with van der Waals surface area (Å²) in [6.45, 7) is -0.222. The molecule has 0 radical (unpaired) electrons. The fourth-order valence-corrected chi connectivity index (χ4v) is 1.34. The Morgan fingerprint density at radius 2 is 2.07 bits per heavy atom. The fraction of sp³-hybridized carbons (Fsp3) is 0.100. The van der Waals surface area contributed by atoms with Crippen molar-refractivity contribution in [3.8, 4) is 11.3 Å². The maximum atomic E-state index is 10.3. The van der Waals surface area contributed by atoms with Crippen molar-refractivity contribution >= 4 is 0 Å². The molecule has 5 heteroatoms. The molecule has 0 amide bonds. The molecule has 0 saturated heterocycles. The molecule has 1 aromatic carbocycles. The quantitative estimate of drug-likeness (QED) is 0.611. The van der Waals surface area contributed by atoms with Gasteiger partial charge in [0.05, 0.1) is 5.69 Å². The van der Waals surface area contributed by atoms with Crippen LogP contribution in [0.1, 0.15) is 5.69 Å². The number of nitro groups is 1. The zero-order valence-corrected chi connectivity index (χ0v) is 7.88. The summed E-state index contributed by atoms with van der Waals surface area (Å²) in [6, 6.07) is 11.2. The number of nitrogens with one attached hydrogen (secondary N) is 1. The fourth-order valence-electron chi connectivity index (χ4n) is 1.34. The molecule has 2 rings (SSSR count). The molecule has 0 aliphatic rings. The highest BCUT2D eigenvalue weighted by Crippen LogP contribution is 2.16. The minimum Gasteiger partial charge on any atom is -0.275 e. The van der Waals surface area contributed by atoms with E-state index < -0.39 is 0 Å². The van der Waals surface area contributed by atoms with Crippen molar-refractivity contribution in [2.24, 2.45) is 0 Å². The van der Waals surface area contributed by atoms with Crippen LogP contribution in [0.5, 0.6) is 0 Å². The third kappa shape index (κ3) is 2.19. The second kappa shape index (κ2) is 3.91. The van der Waals surface area contributed by atoms with E-state index in [1.165, 1.54) is 0 Å². The van der Waals surface area contributed by atoms with Crippen LogP contribution >= 0.6 is 0 Å². The third-order valence-corrected chi connectivity index (χ3v) is 2.00. The summed E-state index contributed by atoms with van der Waals surface area (Å²) in [6.07, 6.45) is 0. The van der Waals surface area contributed by atoms with Crippen molar-refractivity contribution in [2.45, 2.75) is 6.54 Å². The summed E-state index contributed by atoms with van der Waals surface area (Å²) in [5.74, 6) is 0. The molecule has 15 heavy (non-hydrogen) atoms. The summed E-state index contributed by atoms with van der Waals surface area (Å²) in [5, 5.41) is 16.9. The highest BCUT2D eigenvalue weighted by Gasteiger charge is 2.07. The van der Waals surface area contributed by atoms with Crippen molar-refractivity contribution in [1.82, 2.24) is 10.2 Å². The van der Waals surface area contributed by atoms with Gasteiger partial charge in [0.15, 0.2) is 0 Å². The number of nitrogens with zero attached hydrogens (tertiary/aromatic N) is 2. The number of H-pyrrole nitrogens is 1. The summed E-state index contributed by atoms with van der Waals surface area (Å²) in [4.78, 5) is 9.89. The average Bonchev–Trinajstić information content (AvgIpc) is 2.67. The van der Waals surface area contributed by atoms with Gasteiger partial charge in [-0.15, -0.1) is 0 Å². The van der Waals surface area contributed by atoms with Crippen LogP contribution in [0.3, 0.4) is 0 Å². The molecule has 1 N–H and O–H groups in total. The number of rotatable bonds is 3. The SMILES string of the molecule is O=[N+]([O-])Cc1cc(-c2ccccc2)n[nH]1. The van der Waals surface area contributed by atoms with E-state index in [-0.39, 0.29) is 11.5 Å². The molecule has 1 aromatic heterocycles. The maximum Gasteiger partial charge on any atom is 0.244 e. The van der Waals surface area contributed by atoms with Crippen LogP contribution in [0.15, 0.2) is 36.4 Å². The van der Waals surface area contributed by atoms with E-state index in [2.05, 4.69) is 10.2 Å². The van der Waals surface area contributed by atoms with Gasteiger partial charge in [-0.2, -0.15) is 5.10 Å². The average molecular weight is 203 g/mol. The Hall–Kier alpha value is -2.17. The topological polar surface area (TPSA) is 71.8 Å². The zero-order valence-electron chi connectivity index (χ0n) is 7.88. The van der Waals surface area contributed by atoms with Gasteiger partial charge in [0.2, 0.25) is 6.54 Å². The van der Waals surface area contributed by atoms with Gasteiger partial charge >= 0.3 is 0 Å². The first kappa shape index (κ1) is 9.39. The minimum absolute atomic E-state index is 0.222. The highest BCUT2D eigenvalue weighted by molar-refractivity contribution is 5.58. The molecule has 0 spiro atoms. The van der Waals surface area contributed by atoms with Crippen LogP contribution in [0.2, 0.25) is 0 Å². The lowest BCUT2D eigenvalue weighted by Gasteiger charge is -1.92. The van der Waals surface area contributed by atoms with Crippen molar-refractivity contribution in [3.05, 3.63) is 52.2 Å². The molecule has 0 saturated carbocycles. The van der Waals surface area contributed by atoms with E-state index in [9.17, 15) is 10.1 Å². The van der Waals surface area contributed by atoms with E-state index in [4.69, 9.17) is 0 Å². The Balaban J connectivity index is 2.24. The van der Waals surface area contributed by atoms with E-state index in [1.54, 1.807) is 6.07 Å². The zero-order chi connectivity index (χ0) is 10.7. The van der Waals surface area contributed by atoms with Crippen molar-refractivity contribution in [3.63, 3.8) is 0 Å². The molecule has 0 atom stereocenters. The van der Waals surface area contributed by atoms with Crippen molar-refractivity contribution in [1.29, 1.82) is 0 Å². The first-order valence-electron chi connectivity index (χ1n) is 4.47. The van der Waals surface area contributed by atoms with Crippen molar-refractivity contribution in [2.75, 3.05) is 0 Å². The lowest BCUT2D eigenvalue weighted by atomic mass is 10.1. The van der Waals surface area contributed by atoms with Gasteiger partial charge in [-0.05, 0) is 6.07 Å². The Labute approximate surface area is 85.9 Å². The summed E-state index contributed by atoms with van der Waals surface area (Å²) in [5.41, 5.74) is 2.19. The predicted octanol–water partition coefficient (Wildman–Crippen LogP) is 1.85. The largest absolute Gasteiger partial charge is 0.275 e. The summed E-state index contributed by atoms with van der Waals surface area (Å²) in [7, 11) is 0. The lowest BCUT2D eigenvalue weighted by molar-refractivity contribution is -0.497. The molecular formula is C10H9N3O2. The normalized spacial score (nSPS) is 10.1. The highest BCUT2D eigenvalue weighted by atomic mass is 16.6. The van der Waals surface area contributed by atoms with Crippen LogP contribution in [-0.2, 0) is 6.54 Å². The summed E-state index contributed by atoms with van der Waals surface area (Å²) >= 11 is 0. The molecular weight excluding hydrogens is 194 g/mol. The molecule has 0 unspecified atom stereocenters. The second-order valence-corrected chi connectivity index (χ2v) is 3.14. The Kier molecular flexibility index (Phi) is 2.45. The molecule has 0 aliphatic carbocycles. The molecule has 5 nitrogen and oxygen atoms in total. The molecule has 0 aliphatic heterocycles. The van der Waals surface area contributed by atoms with E-state index in [0.29, 0.717) is 5.69 Å².